The van der Waals surface area contributed by atoms with Crippen molar-refractivity contribution in [3.8, 4) is 5.75 Å². The number of rotatable bonds is 4. The molecule has 174 valence electrons. The van der Waals surface area contributed by atoms with Crippen molar-refractivity contribution < 1.29 is 19.1 Å². The summed E-state index contributed by atoms with van der Waals surface area (Å²) in [6, 6.07) is 17.2. The van der Waals surface area contributed by atoms with Crippen LogP contribution in [0.5, 0.6) is 5.75 Å². The van der Waals surface area contributed by atoms with Gasteiger partial charge in [0.15, 0.2) is 0 Å². The van der Waals surface area contributed by atoms with Crippen molar-refractivity contribution in [2.45, 2.75) is 44.6 Å². The van der Waals surface area contributed by atoms with E-state index < -0.39 is 5.60 Å². The van der Waals surface area contributed by atoms with Crippen LogP contribution in [0.15, 0.2) is 76.4 Å². The first-order valence-electron chi connectivity index (χ1n) is 11.6. The number of carbonyl (C=O) groups excluding carboxylic acids is 2. The molecule has 2 N–H and O–H groups in total. The van der Waals surface area contributed by atoms with Gasteiger partial charge >= 0.3 is 5.97 Å². The number of nitrogens with zero attached hydrogens (tertiary/aromatic N) is 1. The van der Waals surface area contributed by atoms with Crippen LogP contribution in [0.4, 0.5) is 5.69 Å². The van der Waals surface area contributed by atoms with Crippen molar-refractivity contribution in [1.82, 2.24) is 5.32 Å². The van der Waals surface area contributed by atoms with Gasteiger partial charge in [0, 0.05) is 11.3 Å². The first kappa shape index (κ1) is 21.9. The fraction of sp³-hybridized carbons (Fsp3) is 0.296. The molecule has 0 saturated heterocycles. The SMILES string of the molecule is COc1ccc(NC2=N/C(=C(\C)C3=C(c4ccccc4)C4(CCCCC4)OC3=O)C(=O)N2)cc1. The Bertz CT molecular complexity index is 1220. The summed E-state index contributed by atoms with van der Waals surface area (Å²) >= 11 is 0. The van der Waals surface area contributed by atoms with Gasteiger partial charge in [0.05, 0.1) is 12.7 Å². The Morgan fingerprint density at radius 2 is 1.74 bits per heavy atom. The van der Waals surface area contributed by atoms with Crippen molar-refractivity contribution in [3.05, 3.63) is 77.0 Å². The van der Waals surface area contributed by atoms with E-state index in [0.29, 0.717) is 17.1 Å². The number of hydrogen-bond acceptors (Lipinski definition) is 6. The van der Waals surface area contributed by atoms with Crippen LogP contribution in [0.2, 0.25) is 0 Å². The molecule has 2 heterocycles. The van der Waals surface area contributed by atoms with Crippen molar-refractivity contribution >= 4 is 29.1 Å². The number of aliphatic imine (C=N–C) groups is 1. The quantitative estimate of drug-likeness (QED) is 0.518. The standard InChI is InChI=1S/C27H27N3O4/c1-17(23-24(31)30-26(29-23)28-19-11-13-20(33-2)14-12-19)21-22(18-9-5-3-6-10-18)27(34-25(21)32)15-7-4-8-16-27/h3,5-6,9-14H,4,7-8,15-16H2,1-2H3,(H2,28,29,30,31)/b23-17+. The molecular formula is C27H27N3O4. The zero-order valence-electron chi connectivity index (χ0n) is 19.3. The summed E-state index contributed by atoms with van der Waals surface area (Å²) < 4.78 is 11.3. The Balaban J connectivity index is 1.56. The van der Waals surface area contributed by atoms with Crippen LogP contribution in [-0.2, 0) is 14.3 Å². The van der Waals surface area contributed by atoms with Gasteiger partial charge in [0.2, 0.25) is 5.96 Å². The van der Waals surface area contributed by atoms with E-state index in [9.17, 15) is 9.59 Å². The molecular weight excluding hydrogens is 430 g/mol. The van der Waals surface area contributed by atoms with Gasteiger partial charge < -0.3 is 14.8 Å². The van der Waals surface area contributed by atoms with Crippen molar-refractivity contribution in [2.24, 2.45) is 4.99 Å². The number of benzene rings is 2. The maximum Gasteiger partial charge on any atom is 0.339 e. The van der Waals surface area contributed by atoms with Gasteiger partial charge in [-0.3, -0.25) is 10.1 Å². The molecule has 1 spiro atoms. The van der Waals surface area contributed by atoms with Crippen LogP contribution in [-0.4, -0.2) is 30.5 Å². The van der Waals surface area contributed by atoms with E-state index in [1.54, 1.807) is 14.0 Å². The van der Waals surface area contributed by atoms with E-state index in [-0.39, 0.29) is 17.6 Å². The average molecular weight is 458 g/mol. The molecule has 7 heteroatoms. The third kappa shape index (κ3) is 3.87. The first-order valence-corrected chi connectivity index (χ1v) is 11.6. The van der Waals surface area contributed by atoms with Crippen LogP contribution in [0.3, 0.4) is 0 Å². The second-order valence-corrected chi connectivity index (χ2v) is 8.80. The zero-order valence-corrected chi connectivity index (χ0v) is 19.3. The number of esters is 1. The van der Waals surface area contributed by atoms with Crippen molar-refractivity contribution in [3.63, 3.8) is 0 Å². The molecule has 7 nitrogen and oxygen atoms in total. The Morgan fingerprint density at radius 1 is 1.03 bits per heavy atom. The lowest BCUT2D eigenvalue weighted by atomic mass is 9.75. The van der Waals surface area contributed by atoms with E-state index in [4.69, 9.17) is 9.47 Å². The van der Waals surface area contributed by atoms with Gasteiger partial charge in [0.25, 0.3) is 5.91 Å². The van der Waals surface area contributed by atoms with Gasteiger partial charge in [-0.2, -0.15) is 0 Å². The highest BCUT2D eigenvalue weighted by atomic mass is 16.6. The minimum Gasteiger partial charge on any atom is -0.497 e. The fourth-order valence-electron chi connectivity index (χ4n) is 5.04. The first-order chi connectivity index (χ1) is 16.5. The largest absolute Gasteiger partial charge is 0.497 e. The Labute approximate surface area is 198 Å². The highest BCUT2D eigenvalue weighted by Gasteiger charge is 2.49. The summed E-state index contributed by atoms with van der Waals surface area (Å²) in [6.07, 6.45) is 4.70. The van der Waals surface area contributed by atoms with E-state index in [1.165, 1.54) is 0 Å². The molecule has 0 unspecified atom stereocenters. The van der Waals surface area contributed by atoms with Gasteiger partial charge in [-0.05, 0) is 68.0 Å². The smallest absolute Gasteiger partial charge is 0.339 e. The Hall–Kier alpha value is -3.87. The maximum absolute atomic E-state index is 13.2. The lowest BCUT2D eigenvalue weighted by Crippen LogP contribution is -2.33. The highest BCUT2D eigenvalue weighted by molar-refractivity contribution is 6.18. The number of methoxy groups -OCH3 is 1. The minimum atomic E-state index is -0.642. The van der Waals surface area contributed by atoms with E-state index in [0.717, 1.165) is 54.7 Å². The summed E-state index contributed by atoms with van der Waals surface area (Å²) in [5.41, 5.74) is 3.12. The number of ether oxygens (including phenoxy) is 2. The molecule has 1 aliphatic carbocycles. The number of nitrogens with one attached hydrogen (secondary N) is 2. The van der Waals surface area contributed by atoms with Crippen molar-refractivity contribution in [2.75, 3.05) is 12.4 Å². The molecule has 2 aromatic carbocycles. The normalized spacial score (nSPS) is 20.7. The predicted octanol–water partition coefficient (Wildman–Crippen LogP) is 4.58. The van der Waals surface area contributed by atoms with Gasteiger partial charge in [-0.25, -0.2) is 9.79 Å². The van der Waals surface area contributed by atoms with E-state index >= 15 is 0 Å². The summed E-state index contributed by atoms with van der Waals surface area (Å²) in [5.74, 6) is 0.303. The summed E-state index contributed by atoms with van der Waals surface area (Å²) in [7, 11) is 1.60. The lowest BCUT2D eigenvalue weighted by molar-refractivity contribution is -0.147. The van der Waals surface area contributed by atoms with Gasteiger partial charge in [0.1, 0.15) is 17.0 Å². The van der Waals surface area contributed by atoms with Gasteiger partial charge in [-0.15, -0.1) is 0 Å². The minimum absolute atomic E-state index is 0.212. The third-order valence-electron chi connectivity index (χ3n) is 6.68. The third-order valence-corrected chi connectivity index (χ3v) is 6.68. The number of guanidine groups is 1. The molecule has 2 aliphatic heterocycles. The predicted molar refractivity (Wildman–Crippen MR) is 130 cm³/mol. The molecule has 5 rings (SSSR count). The summed E-state index contributed by atoms with van der Waals surface area (Å²) in [5, 5.41) is 5.87. The number of anilines is 1. The van der Waals surface area contributed by atoms with E-state index in [2.05, 4.69) is 15.6 Å². The van der Waals surface area contributed by atoms with Crippen LogP contribution < -0.4 is 15.4 Å². The molecule has 34 heavy (non-hydrogen) atoms. The number of hydrogen-bond donors (Lipinski definition) is 2. The lowest BCUT2D eigenvalue weighted by Gasteiger charge is -2.34. The van der Waals surface area contributed by atoms with Gasteiger partial charge in [-0.1, -0.05) is 36.8 Å². The number of amides is 1. The Morgan fingerprint density at radius 3 is 2.41 bits per heavy atom. The molecule has 0 atom stereocenters. The fourth-order valence-corrected chi connectivity index (χ4v) is 5.04. The molecule has 3 aliphatic rings. The van der Waals surface area contributed by atoms with Crippen LogP contribution in [0, 0.1) is 0 Å². The summed E-state index contributed by atoms with van der Waals surface area (Å²) in [4.78, 5) is 30.6. The monoisotopic (exact) mass is 457 g/mol. The van der Waals surface area contributed by atoms with Crippen LogP contribution in [0.1, 0.15) is 44.6 Å². The molecule has 1 saturated carbocycles. The van der Waals surface area contributed by atoms with Crippen LogP contribution >= 0.6 is 0 Å². The number of carbonyl (C=O) groups is 2. The average Bonchev–Trinajstić information content (AvgIpc) is 3.36. The van der Waals surface area contributed by atoms with Crippen molar-refractivity contribution in [1.29, 1.82) is 0 Å². The zero-order chi connectivity index (χ0) is 23.7. The molecule has 2 aromatic rings. The topological polar surface area (TPSA) is 89.0 Å². The van der Waals surface area contributed by atoms with Crippen LogP contribution in [0.25, 0.3) is 5.57 Å². The molecule has 1 amide bonds. The maximum atomic E-state index is 13.2. The second kappa shape index (κ2) is 8.82. The molecule has 1 fully saturated rings. The molecule has 0 bridgehead atoms. The summed E-state index contributed by atoms with van der Waals surface area (Å²) in [6.45, 7) is 1.77. The second-order valence-electron chi connectivity index (χ2n) is 8.80. The highest BCUT2D eigenvalue weighted by Crippen LogP contribution is 2.50. The van der Waals surface area contributed by atoms with E-state index in [1.807, 2.05) is 54.6 Å². The molecule has 0 aromatic heterocycles. The molecule has 0 radical (unpaired) electrons. The Kier molecular flexibility index (Phi) is 5.69.